The number of aryl methyl sites for hydroxylation is 1. The molecule has 0 saturated carbocycles. The number of hydrogen-bond acceptors (Lipinski definition) is 4. The van der Waals surface area contributed by atoms with E-state index in [0.717, 1.165) is 28.4 Å². The minimum Gasteiger partial charge on any atom is -0.303 e. The van der Waals surface area contributed by atoms with Crippen LogP contribution in [0, 0.1) is 6.92 Å². The fourth-order valence-corrected chi connectivity index (χ4v) is 5.50. The quantitative estimate of drug-likeness (QED) is 0.165. The summed E-state index contributed by atoms with van der Waals surface area (Å²) in [7, 11) is 4.96. The molecule has 6 heteroatoms. The number of nitrogens with zero attached hydrogens (tertiary/aromatic N) is 1. The summed E-state index contributed by atoms with van der Waals surface area (Å²) >= 11 is 14.8. The fourth-order valence-electron chi connectivity index (χ4n) is 4.30. The number of halogens is 1. The van der Waals surface area contributed by atoms with Gasteiger partial charge >= 0.3 is 0 Å². The van der Waals surface area contributed by atoms with Crippen molar-refractivity contribution in [3.8, 4) is 0 Å². The van der Waals surface area contributed by atoms with Crippen LogP contribution in [0.3, 0.4) is 0 Å². The van der Waals surface area contributed by atoms with Crippen molar-refractivity contribution in [2.45, 2.75) is 72.8 Å². The molecule has 2 heterocycles. The zero-order chi connectivity index (χ0) is 25.0. The van der Waals surface area contributed by atoms with Crippen molar-refractivity contribution in [3.05, 3.63) is 62.3 Å². The average molecular weight is 542 g/mol. The van der Waals surface area contributed by atoms with Gasteiger partial charge < -0.3 is 4.90 Å². The lowest BCUT2D eigenvalue weighted by Gasteiger charge is -2.31. The molecule has 0 amide bonds. The highest BCUT2D eigenvalue weighted by atomic mass is 35.5. The largest absolute Gasteiger partial charge is 0.303 e. The standard InChI is InChI=1S/C19H22ClPS.C8H17N.H2S2/c1-5-7-15(16-8-6-9-17(21)19(16)20)18(12(2)3)14-10-11-22-13(14)4;1-3-8-6-4-5-7-9(8)2;1-2/h6-11H,5,21H2,1-4H3;8H,3-7H2,1-2H3;1-2H/b15-7+;;. The summed E-state index contributed by atoms with van der Waals surface area (Å²) < 4.78 is 0. The van der Waals surface area contributed by atoms with Gasteiger partial charge in [-0.1, -0.05) is 61.7 Å². The monoisotopic (exact) mass is 541 g/mol. The van der Waals surface area contributed by atoms with Crippen molar-refractivity contribution < 1.29 is 0 Å². The number of hydrogen-bond donors (Lipinski definition) is 2. The molecule has 1 fully saturated rings. The summed E-state index contributed by atoms with van der Waals surface area (Å²) in [5.74, 6) is 0. The van der Waals surface area contributed by atoms with Gasteiger partial charge in [-0.15, -0.1) is 43.9 Å². The van der Waals surface area contributed by atoms with E-state index in [0.29, 0.717) is 0 Å². The third-order valence-electron chi connectivity index (χ3n) is 6.02. The van der Waals surface area contributed by atoms with E-state index in [1.54, 1.807) is 11.3 Å². The zero-order valence-corrected chi connectivity index (χ0v) is 25.5. The maximum atomic E-state index is 6.59. The Bertz CT molecular complexity index is 916. The highest BCUT2D eigenvalue weighted by molar-refractivity contribution is 8.59. The molecular formula is C27H41ClNPS3. The molecule has 0 N–H and O–H groups in total. The maximum absolute atomic E-state index is 6.59. The predicted octanol–water partition coefficient (Wildman–Crippen LogP) is 9.14. The second-order valence-electron chi connectivity index (χ2n) is 8.54. The first-order valence-electron chi connectivity index (χ1n) is 11.7. The summed E-state index contributed by atoms with van der Waals surface area (Å²) in [5.41, 5.74) is 6.27. The zero-order valence-electron chi connectivity index (χ0n) is 21.0. The van der Waals surface area contributed by atoms with Crippen molar-refractivity contribution in [2.75, 3.05) is 13.6 Å². The van der Waals surface area contributed by atoms with Crippen LogP contribution in [0.25, 0.3) is 11.1 Å². The summed E-state index contributed by atoms with van der Waals surface area (Å²) in [6, 6.07) is 9.30. The Morgan fingerprint density at radius 1 is 1.18 bits per heavy atom. The Labute approximate surface area is 224 Å². The van der Waals surface area contributed by atoms with Gasteiger partial charge in [-0.2, -0.15) is 0 Å². The Balaban J connectivity index is 0.000000412. The first-order valence-corrected chi connectivity index (χ1v) is 15.1. The number of likely N-dealkylation sites (tertiary alicyclic amines) is 1. The van der Waals surface area contributed by atoms with E-state index in [9.17, 15) is 0 Å². The molecule has 1 aliphatic heterocycles. The SMILES string of the molecule is CC/C=C(/C(=C(C)C)c1ccsc1C)c1cccc(P)c1Cl.CCC1CCCCN1C.SS. The van der Waals surface area contributed by atoms with Gasteiger partial charge in [0.25, 0.3) is 0 Å². The average Bonchev–Trinajstić information content (AvgIpc) is 3.22. The van der Waals surface area contributed by atoms with Crippen LogP contribution in [0.1, 0.15) is 75.8 Å². The molecule has 184 valence electrons. The Morgan fingerprint density at radius 3 is 2.36 bits per heavy atom. The molecule has 1 nitrogen and oxygen atoms in total. The highest BCUT2D eigenvalue weighted by Crippen LogP contribution is 2.39. The molecule has 2 unspecified atom stereocenters. The molecular weight excluding hydrogens is 501 g/mol. The molecule has 1 saturated heterocycles. The number of thiophene rings is 1. The molecule has 0 spiro atoms. The lowest BCUT2D eigenvalue weighted by Crippen LogP contribution is -2.35. The van der Waals surface area contributed by atoms with Gasteiger partial charge in [0.15, 0.2) is 0 Å². The molecule has 0 aliphatic carbocycles. The molecule has 2 atom stereocenters. The van der Waals surface area contributed by atoms with Crippen LogP contribution >= 0.6 is 55.5 Å². The van der Waals surface area contributed by atoms with Gasteiger partial charge in [0, 0.05) is 16.5 Å². The van der Waals surface area contributed by atoms with E-state index in [4.69, 9.17) is 11.6 Å². The van der Waals surface area contributed by atoms with Gasteiger partial charge in [0.2, 0.25) is 0 Å². The van der Waals surface area contributed by atoms with Crippen LogP contribution in [-0.2, 0) is 0 Å². The van der Waals surface area contributed by atoms with E-state index >= 15 is 0 Å². The number of piperidine rings is 1. The van der Waals surface area contributed by atoms with E-state index in [-0.39, 0.29) is 0 Å². The predicted molar refractivity (Wildman–Crippen MR) is 165 cm³/mol. The van der Waals surface area contributed by atoms with Crippen molar-refractivity contribution in [3.63, 3.8) is 0 Å². The third-order valence-corrected chi connectivity index (χ3v) is 7.95. The lowest BCUT2D eigenvalue weighted by atomic mass is 9.89. The summed E-state index contributed by atoms with van der Waals surface area (Å²) in [6.45, 7) is 12.3. The van der Waals surface area contributed by atoms with Gasteiger partial charge in [-0.25, -0.2) is 0 Å². The van der Waals surface area contributed by atoms with E-state index in [1.807, 2.05) is 6.07 Å². The molecule has 3 rings (SSSR count). The third kappa shape index (κ3) is 9.06. The number of allylic oxidation sites excluding steroid dienone is 4. The molecule has 0 bridgehead atoms. The van der Waals surface area contributed by atoms with Gasteiger partial charge in [0.1, 0.15) is 0 Å². The number of rotatable bonds is 5. The number of thiol groups is 2. The van der Waals surface area contributed by atoms with Crippen molar-refractivity contribution >= 4 is 71.9 Å². The second-order valence-corrected chi connectivity index (χ2v) is 10.7. The summed E-state index contributed by atoms with van der Waals surface area (Å²) in [6.07, 6.45) is 8.87. The minimum absolute atomic E-state index is 0.818. The molecule has 1 aromatic heterocycles. The minimum atomic E-state index is 0.818. The Morgan fingerprint density at radius 2 is 1.88 bits per heavy atom. The van der Waals surface area contributed by atoms with E-state index in [1.165, 1.54) is 59.4 Å². The van der Waals surface area contributed by atoms with Crippen molar-refractivity contribution in [2.24, 2.45) is 0 Å². The van der Waals surface area contributed by atoms with Crippen LogP contribution in [0.15, 0.2) is 41.3 Å². The number of benzene rings is 1. The van der Waals surface area contributed by atoms with Crippen molar-refractivity contribution in [1.29, 1.82) is 0 Å². The van der Waals surface area contributed by atoms with E-state index < -0.39 is 0 Å². The molecule has 2 aromatic rings. The van der Waals surface area contributed by atoms with Crippen LogP contribution in [0.4, 0.5) is 0 Å². The van der Waals surface area contributed by atoms with Crippen molar-refractivity contribution in [1.82, 2.24) is 4.90 Å². The second kappa shape index (κ2) is 16.5. The Hall–Kier alpha value is -0.220. The normalized spacial score (nSPS) is 16.3. The van der Waals surface area contributed by atoms with Gasteiger partial charge in [-0.3, -0.25) is 0 Å². The van der Waals surface area contributed by atoms with Gasteiger partial charge in [0.05, 0.1) is 5.02 Å². The lowest BCUT2D eigenvalue weighted by molar-refractivity contribution is 0.181. The topological polar surface area (TPSA) is 3.24 Å². The summed E-state index contributed by atoms with van der Waals surface area (Å²) in [5, 5.41) is 4.01. The van der Waals surface area contributed by atoms with Crippen LogP contribution in [0.2, 0.25) is 5.02 Å². The van der Waals surface area contributed by atoms with Gasteiger partial charge in [-0.05, 0) is 93.5 Å². The molecule has 0 radical (unpaired) electrons. The first kappa shape index (κ1) is 30.8. The summed E-state index contributed by atoms with van der Waals surface area (Å²) in [4.78, 5) is 3.83. The molecule has 1 aliphatic rings. The smallest absolute Gasteiger partial charge is 0.0555 e. The first-order chi connectivity index (χ1) is 15.8. The Kier molecular flexibility index (Phi) is 15.4. The maximum Gasteiger partial charge on any atom is 0.0555 e. The van der Waals surface area contributed by atoms with E-state index in [2.05, 4.69) is 109 Å². The highest BCUT2D eigenvalue weighted by Gasteiger charge is 2.18. The molecule has 1 aromatic carbocycles. The fraction of sp³-hybridized carbons (Fsp3) is 0.481. The van der Waals surface area contributed by atoms with Crippen LogP contribution < -0.4 is 5.30 Å². The van der Waals surface area contributed by atoms with Crippen LogP contribution in [0.5, 0.6) is 0 Å². The molecule has 33 heavy (non-hydrogen) atoms. The van der Waals surface area contributed by atoms with Crippen LogP contribution in [-0.4, -0.2) is 24.5 Å².